The van der Waals surface area contributed by atoms with Gasteiger partial charge in [0.1, 0.15) is 0 Å². The molecule has 1 aliphatic heterocycles. The fraction of sp³-hybridized carbons (Fsp3) is 0.308. The van der Waals surface area contributed by atoms with E-state index in [4.69, 9.17) is 4.74 Å². The largest absolute Gasteiger partial charge is 0.452 e. The number of carbonyl (C=O) groups excluding carboxylic acids is 1. The van der Waals surface area contributed by atoms with Crippen LogP contribution in [-0.4, -0.2) is 18.1 Å². The summed E-state index contributed by atoms with van der Waals surface area (Å²) in [4.78, 5) is 13.3. The minimum Gasteiger partial charge on any atom is -0.452 e. The van der Waals surface area contributed by atoms with E-state index in [1.54, 1.807) is 4.90 Å². The molecule has 17 heavy (non-hydrogen) atoms. The zero-order valence-electron chi connectivity index (χ0n) is 9.60. The summed E-state index contributed by atoms with van der Waals surface area (Å²) in [6.45, 7) is 0. The Labute approximate surface area is 109 Å². The Balaban J connectivity index is 2.26. The van der Waals surface area contributed by atoms with E-state index in [0.717, 1.165) is 22.9 Å². The zero-order chi connectivity index (χ0) is 12.3. The molecule has 90 valence electrons. The molecule has 0 fully saturated rings. The molecule has 3 nitrogen and oxygen atoms in total. The minimum absolute atomic E-state index is 0.0700. The maximum atomic E-state index is 11.7. The molecule has 0 aromatic heterocycles. The number of ether oxygens (including phenoxy) is 1. The number of carbonyl (C=O) groups is 1. The topological polar surface area (TPSA) is 29.5 Å². The summed E-state index contributed by atoms with van der Waals surface area (Å²) in [7, 11) is 1.41. The summed E-state index contributed by atoms with van der Waals surface area (Å²) in [5.74, 6) is 0. The lowest BCUT2D eigenvalue weighted by Gasteiger charge is -2.30. The Morgan fingerprint density at radius 2 is 2.12 bits per heavy atom. The van der Waals surface area contributed by atoms with Gasteiger partial charge in [-0.05, 0) is 30.5 Å². The van der Waals surface area contributed by atoms with Crippen LogP contribution in [0.4, 0.5) is 4.79 Å². The van der Waals surface area contributed by atoms with Crippen molar-refractivity contribution in [1.82, 2.24) is 4.90 Å². The predicted octanol–water partition coefficient (Wildman–Crippen LogP) is 3.87. The van der Waals surface area contributed by atoms with Gasteiger partial charge in [-0.1, -0.05) is 34.1 Å². The molecule has 0 spiro atoms. The van der Waals surface area contributed by atoms with Gasteiger partial charge in [0.15, 0.2) is 0 Å². The summed E-state index contributed by atoms with van der Waals surface area (Å²) >= 11 is 3.41. The summed E-state index contributed by atoms with van der Waals surface area (Å²) in [5.41, 5.74) is 1.13. The lowest BCUT2D eigenvalue weighted by molar-refractivity contribution is 0.121. The Morgan fingerprint density at radius 3 is 2.76 bits per heavy atom. The van der Waals surface area contributed by atoms with Gasteiger partial charge < -0.3 is 4.74 Å². The lowest BCUT2D eigenvalue weighted by Crippen LogP contribution is -2.31. The molecule has 0 saturated heterocycles. The molecule has 1 aromatic carbocycles. The number of rotatable bonds is 1. The number of halogens is 1. The van der Waals surface area contributed by atoms with Crippen molar-refractivity contribution in [3.8, 4) is 0 Å². The first-order valence-corrected chi connectivity index (χ1v) is 6.30. The third-order valence-electron chi connectivity index (χ3n) is 2.85. The van der Waals surface area contributed by atoms with Crippen molar-refractivity contribution in [2.75, 3.05) is 7.11 Å². The molecule has 0 aliphatic carbocycles. The molecule has 1 amide bonds. The molecule has 1 heterocycles. The van der Waals surface area contributed by atoms with Crippen LogP contribution in [0.5, 0.6) is 0 Å². The Hall–Kier alpha value is -1.29. The van der Waals surface area contributed by atoms with Gasteiger partial charge in [0.25, 0.3) is 0 Å². The van der Waals surface area contributed by atoms with Crippen LogP contribution in [0.25, 0.3) is 0 Å². The number of benzene rings is 1. The quantitative estimate of drug-likeness (QED) is 0.787. The summed E-state index contributed by atoms with van der Waals surface area (Å²) in [5, 5.41) is 0. The van der Waals surface area contributed by atoms with Crippen LogP contribution < -0.4 is 0 Å². The first kappa shape index (κ1) is 12.2. The first-order chi connectivity index (χ1) is 8.22. The molecule has 0 N–H and O–H groups in total. The van der Waals surface area contributed by atoms with Crippen LogP contribution in [-0.2, 0) is 4.74 Å². The smallest absolute Gasteiger partial charge is 0.414 e. The Kier molecular flexibility index (Phi) is 3.84. The number of amides is 1. The molecule has 1 unspecified atom stereocenters. The van der Waals surface area contributed by atoms with Gasteiger partial charge in [0.2, 0.25) is 0 Å². The third kappa shape index (κ3) is 2.69. The molecule has 0 radical (unpaired) electrons. The SMILES string of the molecule is COC(=O)N1C=CCCC1c1ccc(Br)cc1. The average molecular weight is 296 g/mol. The second kappa shape index (κ2) is 5.36. The van der Waals surface area contributed by atoms with Crippen molar-refractivity contribution in [1.29, 1.82) is 0 Å². The summed E-state index contributed by atoms with van der Waals surface area (Å²) in [6, 6.07) is 8.11. The van der Waals surface area contributed by atoms with Gasteiger partial charge in [-0.3, -0.25) is 4.90 Å². The molecule has 1 atom stereocenters. The van der Waals surface area contributed by atoms with Gasteiger partial charge in [-0.15, -0.1) is 0 Å². The highest BCUT2D eigenvalue weighted by Crippen LogP contribution is 2.30. The fourth-order valence-electron chi connectivity index (χ4n) is 1.99. The number of nitrogens with zero attached hydrogens (tertiary/aromatic N) is 1. The van der Waals surface area contributed by atoms with Crippen molar-refractivity contribution < 1.29 is 9.53 Å². The Bertz CT molecular complexity index is 428. The Morgan fingerprint density at radius 1 is 1.41 bits per heavy atom. The average Bonchev–Trinajstić information content (AvgIpc) is 2.39. The molecular formula is C13H14BrNO2. The van der Waals surface area contributed by atoms with E-state index in [1.807, 2.05) is 36.5 Å². The van der Waals surface area contributed by atoms with Gasteiger partial charge >= 0.3 is 6.09 Å². The van der Waals surface area contributed by atoms with E-state index in [-0.39, 0.29) is 12.1 Å². The molecule has 1 aromatic rings. The van der Waals surface area contributed by atoms with E-state index >= 15 is 0 Å². The summed E-state index contributed by atoms with van der Waals surface area (Å²) in [6.07, 6.45) is 5.39. The lowest BCUT2D eigenvalue weighted by atomic mass is 9.98. The minimum atomic E-state index is -0.311. The molecule has 4 heteroatoms. The second-order valence-corrected chi connectivity index (χ2v) is 4.82. The normalized spacial score (nSPS) is 19.2. The predicted molar refractivity (Wildman–Crippen MR) is 69.5 cm³/mol. The number of allylic oxidation sites excluding steroid dienone is 1. The van der Waals surface area contributed by atoms with Crippen LogP contribution in [0.1, 0.15) is 24.4 Å². The fourth-order valence-corrected chi connectivity index (χ4v) is 2.26. The number of methoxy groups -OCH3 is 1. The van der Waals surface area contributed by atoms with E-state index in [2.05, 4.69) is 15.9 Å². The number of hydrogen-bond donors (Lipinski definition) is 0. The van der Waals surface area contributed by atoms with Crippen LogP contribution in [0.2, 0.25) is 0 Å². The van der Waals surface area contributed by atoms with Crippen molar-refractivity contribution in [2.45, 2.75) is 18.9 Å². The number of hydrogen-bond acceptors (Lipinski definition) is 2. The van der Waals surface area contributed by atoms with Crippen LogP contribution in [0.3, 0.4) is 0 Å². The molecule has 0 saturated carbocycles. The van der Waals surface area contributed by atoms with E-state index in [9.17, 15) is 4.79 Å². The maximum Gasteiger partial charge on any atom is 0.414 e. The maximum absolute atomic E-state index is 11.7. The second-order valence-electron chi connectivity index (χ2n) is 3.91. The molecule has 1 aliphatic rings. The standard InChI is InChI=1S/C13H14BrNO2/c1-17-13(16)15-9-3-2-4-12(15)10-5-7-11(14)8-6-10/h3,5-9,12H,2,4H2,1H3. The monoisotopic (exact) mass is 295 g/mol. The van der Waals surface area contributed by atoms with E-state index < -0.39 is 0 Å². The van der Waals surface area contributed by atoms with Gasteiger partial charge in [0.05, 0.1) is 13.2 Å². The van der Waals surface area contributed by atoms with Crippen LogP contribution >= 0.6 is 15.9 Å². The van der Waals surface area contributed by atoms with Gasteiger partial charge in [0, 0.05) is 10.7 Å². The van der Waals surface area contributed by atoms with Crippen molar-refractivity contribution >= 4 is 22.0 Å². The first-order valence-electron chi connectivity index (χ1n) is 5.51. The molecular weight excluding hydrogens is 282 g/mol. The third-order valence-corrected chi connectivity index (χ3v) is 3.38. The van der Waals surface area contributed by atoms with Crippen molar-refractivity contribution in [3.05, 3.63) is 46.6 Å². The highest BCUT2D eigenvalue weighted by atomic mass is 79.9. The molecule has 0 bridgehead atoms. The van der Waals surface area contributed by atoms with Crippen molar-refractivity contribution in [2.24, 2.45) is 0 Å². The summed E-state index contributed by atoms with van der Waals surface area (Å²) < 4.78 is 5.83. The van der Waals surface area contributed by atoms with Crippen molar-refractivity contribution in [3.63, 3.8) is 0 Å². The van der Waals surface area contributed by atoms with Crippen LogP contribution in [0.15, 0.2) is 41.0 Å². The highest BCUT2D eigenvalue weighted by molar-refractivity contribution is 9.10. The van der Waals surface area contributed by atoms with Gasteiger partial charge in [-0.25, -0.2) is 4.79 Å². The van der Waals surface area contributed by atoms with E-state index in [1.165, 1.54) is 7.11 Å². The van der Waals surface area contributed by atoms with E-state index in [0.29, 0.717) is 0 Å². The molecule has 2 rings (SSSR count). The van der Waals surface area contributed by atoms with Crippen LogP contribution in [0, 0.1) is 0 Å². The zero-order valence-corrected chi connectivity index (χ0v) is 11.2. The highest BCUT2D eigenvalue weighted by Gasteiger charge is 2.25. The van der Waals surface area contributed by atoms with Gasteiger partial charge in [-0.2, -0.15) is 0 Å².